The molecule has 2 aromatic rings. The van der Waals surface area contributed by atoms with Gasteiger partial charge < -0.3 is 19.3 Å². The fourth-order valence-electron chi connectivity index (χ4n) is 2.70. The van der Waals surface area contributed by atoms with Crippen LogP contribution >= 0.6 is 0 Å². The highest BCUT2D eigenvalue weighted by atomic mass is 16.5. The summed E-state index contributed by atoms with van der Waals surface area (Å²) in [6.45, 7) is 1.86. The van der Waals surface area contributed by atoms with Gasteiger partial charge in [-0.15, -0.1) is 0 Å². The van der Waals surface area contributed by atoms with Crippen molar-refractivity contribution in [3.63, 3.8) is 0 Å². The Morgan fingerprint density at radius 2 is 1.74 bits per heavy atom. The summed E-state index contributed by atoms with van der Waals surface area (Å²) >= 11 is 0. The summed E-state index contributed by atoms with van der Waals surface area (Å²) in [5, 5.41) is 0. The predicted molar refractivity (Wildman–Crippen MR) is 111 cm³/mol. The Labute approximate surface area is 161 Å². The molecular formula is C22H28N2O3. The Kier molecular flexibility index (Phi) is 7.44. The molecule has 0 heterocycles. The summed E-state index contributed by atoms with van der Waals surface area (Å²) in [5.74, 6) is 1.04. The molecule has 0 bridgehead atoms. The number of ether oxygens (including phenoxy) is 2. The van der Waals surface area contributed by atoms with Crippen molar-refractivity contribution in [2.45, 2.75) is 0 Å². The van der Waals surface area contributed by atoms with Crippen LogP contribution in [0.4, 0.5) is 5.69 Å². The number of anilines is 1. The van der Waals surface area contributed by atoms with Gasteiger partial charge in [-0.25, -0.2) is 0 Å². The molecule has 0 unspecified atom stereocenters. The zero-order valence-electron chi connectivity index (χ0n) is 16.7. The highest BCUT2D eigenvalue weighted by molar-refractivity contribution is 6.09. The average Bonchev–Trinajstić information content (AvgIpc) is 2.69. The fourth-order valence-corrected chi connectivity index (χ4v) is 2.70. The van der Waals surface area contributed by atoms with Crippen molar-refractivity contribution in [3.8, 4) is 11.5 Å². The van der Waals surface area contributed by atoms with E-state index in [-0.39, 0.29) is 5.78 Å². The van der Waals surface area contributed by atoms with E-state index >= 15 is 0 Å². The second-order valence-electron chi connectivity index (χ2n) is 6.55. The van der Waals surface area contributed by atoms with Gasteiger partial charge in [0.15, 0.2) is 5.78 Å². The van der Waals surface area contributed by atoms with E-state index in [0.29, 0.717) is 17.1 Å². The fraction of sp³-hybridized carbons (Fsp3) is 0.318. The van der Waals surface area contributed by atoms with Crippen molar-refractivity contribution in [3.05, 3.63) is 59.7 Å². The minimum atomic E-state index is -0.111. The van der Waals surface area contributed by atoms with Crippen molar-refractivity contribution in [1.29, 1.82) is 0 Å². The number of nitrogens with zero attached hydrogens (tertiary/aromatic N) is 2. The number of para-hydroxylation sites is 1. The van der Waals surface area contributed by atoms with Gasteiger partial charge >= 0.3 is 0 Å². The molecule has 5 heteroatoms. The summed E-state index contributed by atoms with van der Waals surface area (Å²) in [6, 6.07) is 13.2. The summed E-state index contributed by atoms with van der Waals surface area (Å²) in [7, 11) is 9.30. The molecule has 144 valence electrons. The molecule has 27 heavy (non-hydrogen) atoms. The molecule has 0 fully saturated rings. The summed E-state index contributed by atoms with van der Waals surface area (Å²) in [6.07, 6.45) is 3.44. The van der Waals surface area contributed by atoms with Gasteiger partial charge in [0.2, 0.25) is 0 Å². The average molecular weight is 368 g/mol. The Balaban J connectivity index is 2.22. The van der Waals surface area contributed by atoms with Crippen LogP contribution in [0.5, 0.6) is 11.5 Å². The molecular weight excluding hydrogens is 340 g/mol. The first-order valence-electron chi connectivity index (χ1n) is 8.85. The maximum absolute atomic E-state index is 12.7. The van der Waals surface area contributed by atoms with E-state index in [1.165, 1.54) is 0 Å². The van der Waals surface area contributed by atoms with Crippen molar-refractivity contribution in [1.82, 2.24) is 4.90 Å². The van der Waals surface area contributed by atoms with E-state index in [1.807, 2.05) is 24.3 Å². The first-order chi connectivity index (χ1) is 13.0. The third-order valence-electron chi connectivity index (χ3n) is 4.32. The lowest BCUT2D eigenvalue weighted by molar-refractivity contribution is 0.104. The number of carbonyl (C=O) groups excluding carboxylic acids is 1. The molecule has 0 saturated carbocycles. The van der Waals surface area contributed by atoms with Gasteiger partial charge in [0.1, 0.15) is 11.5 Å². The second-order valence-corrected chi connectivity index (χ2v) is 6.55. The monoisotopic (exact) mass is 368 g/mol. The van der Waals surface area contributed by atoms with Crippen LogP contribution in [0, 0.1) is 0 Å². The number of methoxy groups -OCH3 is 2. The van der Waals surface area contributed by atoms with Crippen molar-refractivity contribution >= 4 is 17.5 Å². The van der Waals surface area contributed by atoms with Gasteiger partial charge in [-0.2, -0.15) is 0 Å². The van der Waals surface area contributed by atoms with Crippen molar-refractivity contribution in [2.24, 2.45) is 0 Å². The molecule has 0 N–H and O–H groups in total. The van der Waals surface area contributed by atoms with Crippen LogP contribution in [-0.4, -0.2) is 59.1 Å². The topological polar surface area (TPSA) is 42.0 Å². The van der Waals surface area contributed by atoms with Crippen LogP contribution < -0.4 is 14.4 Å². The van der Waals surface area contributed by atoms with Crippen LogP contribution in [-0.2, 0) is 0 Å². The molecule has 2 rings (SSSR count). The molecule has 0 aliphatic rings. The minimum Gasteiger partial charge on any atom is -0.497 e. The molecule has 0 atom stereocenters. The number of hydrogen-bond donors (Lipinski definition) is 0. The molecule has 0 aliphatic carbocycles. The van der Waals surface area contributed by atoms with Crippen LogP contribution in [0.25, 0.3) is 6.08 Å². The van der Waals surface area contributed by atoms with E-state index in [9.17, 15) is 4.79 Å². The lowest BCUT2D eigenvalue weighted by atomic mass is 10.1. The highest BCUT2D eigenvalue weighted by Crippen LogP contribution is 2.26. The summed E-state index contributed by atoms with van der Waals surface area (Å²) in [4.78, 5) is 17.0. The van der Waals surface area contributed by atoms with Crippen molar-refractivity contribution in [2.75, 3.05) is 53.4 Å². The van der Waals surface area contributed by atoms with Gasteiger partial charge in [-0.05, 0) is 50.0 Å². The SMILES string of the molecule is COc1ccc(C(=O)/C=C/c2ccccc2N(C)CCN(C)C)c(OC)c1. The van der Waals surface area contributed by atoms with Crippen LogP contribution in [0.1, 0.15) is 15.9 Å². The zero-order chi connectivity index (χ0) is 19.8. The van der Waals surface area contributed by atoms with E-state index in [2.05, 4.69) is 37.0 Å². The standard InChI is InChI=1S/C22H28N2O3/c1-23(2)14-15-24(3)20-9-7-6-8-17(20)10-13-21(25)19-12-11-18(26-4)16-22(19)27-5/h6-13,16H,14-15H2,1-5H3/b13-10+. The lowest BCUT2D eigenvalue weighted by Crippen LogP contribution is -2.28. The second kappa shape index (κ2) is 9.78. The molecule has 0 saturated heterocycles. The number of hydrogen-bond acceptors (Lipinski definition) is 5. The number of rotatable bonds is 9. The van der Waals surface area contributed by atoms with Crippen molar-refractivity contribution < 1.29 is 14.3 Å². The maximum atomic E-state index is 12.7. The Morgan fingerprint density at radius 1 is 1.00 bits per heavy atom. The number of benzene rings is 2. The number of likely N-dealkylation sites (N-methyl/N-ethyl adjacent to an activating group) is 2. The first kappa shape index (κ1) is 20.5. The third kappa shape index (κ3) is 5.59. The molecule has 0 aliphatic heterocycles. The van der Waals surface area contributed by atoms with E-state index in [0.717, 1.165) is 24.3 Å². The van der Waals surface area contributed by atoms with E-state index in [4.69, 9.17) is 9.47 Å². The molecule has 0 spiro atoms. The van der Waals surface area contributed by atoms with E-state index < -0.39 is 0 Å². The molecule has 2 aromatic carbocycles. The minimum absolute atomic E-state index is 0.111. The Hall–Kier alpha value is -2.79. The van der Waals surface area contributed by atoms with Gasteiger partial charge in [0, 0.05) is 31.9 Å². The normalized spacial score (nSPS) is 11.0. The predicted octanol–water partition coefficient (Wildman–Crippen LogP) is 3.60. The highest BCUT2D eigenvalue weighted by Gasteiger charge is 2.11. The number of allylic oxidation sites excluding steroid dienone is 1. The van der Waals surface area contributed by atoms with Gasteiger partial charge in [0.05, 0.1) is 19.8 Å². The van der Waals surface area contributed by atoms with E-state index in [1.54, 1.807) is 38.5 Å². The largest absolute Gasteiger partial charge is 0.497 e. The molecule has 5 nitrogen and oxygen atoms in total. The third-order valence-corrected chi connectivity index (χ3v) is 4.32. The lowest BCUT2D eigenvalue weighted by Gasteiger charge is -2.23. The Morgan fingerprint density at radius 3 is 2.41 bits per heavy atom. The van der Waals surface area contributed by atoms with Crippen LogP contribution in [0.2, 0.25) is 0 Å². The quantitative estimate of drug-likeness (QED) is 0.500. The number of carbonyl (C=O) groups is 1. The summed E-state index contributed by atoms with van der Waals surface area (Å²) in [5.41, 5.74) is 2.60. The number of ketones is 1. The van der Waals surface area contributed by atoms with Crippen LogP contribution in [0.3, 0.4) is 0 Å². The molecule has 0 radical (unpaired) electrons. The smallest absolute Gasteiger partial charge is 0.189 e. The Bertz CT molecular complexity index is 800. The summed E-state index contributed by atoms with van der Waals surface area (Å²) < 4.78 is 10.5. The molecule has 0 amide bonds. The van der Waals surface area contributed by atoms with Crippen LogP contribution in [0.15, 0.2) is 48.5 Å². The van der Waals surface area contributed by atoms with Gasteiger partial charge in [0.25, 0.3) is 0 Å². The maximum Gasteiger partial charge on any atom is 0.189 e. The van der Waals surface area contributed by atoms with Gasteiger partial charge in [-0.3, -0.25) is 4.79 Å². The zero-order valence-corrected chi connectivity index (χ0v) is 16.7. The van der Waals surface area contributed by atoms with Gasteiger partial charge in [-0.1, -0.05) is 18.2 Å². The molecule has 0 aromatic heterocycles. The first-order valence-corrected chi connectivity index (χ1v) is 8.85.